The second-order valence-electron chi connectivity index (χ2n) is 5.50. The molecule has 0 aliphatic rings. The van der Waals surface area contributed by atoms with E-state index in [2.05, 4.69) is 31.4 Å². The van der Waals surface area contributed by atoms with Crippen molar-refractivity contribution in [3.05, 3.63) is 62.4 Å². The highest BCUT2D eigenvalue weighted by Gasteiger charge is 2.15. The van der Waals surface area contributed by atoms with Crippen molar-refractivity contribution in [2.75, 3.05) is 5.32 Å². The fourth-order valence-corrected chi connectivity index (χ4v) is 3.07. The molecule has 0 atom stereocenters. The number of hydrogen-bond donors (Lipinski definition) is 2. The minimum atomic E-state index is -1.16. The van der Waals surface area contributed by atoms with Crippen molar-refractivity contribution in [3.8, 4) is 0 Å². The molecule has 27 heavy (non-hydrogen) atoms. The number of benzene rings is 1. The minimum absolute atomic E-state index is 0.0747. The van der Waals surface area contributed by atoms with Gasteiger partial charge in [0.15, 0.2) is 5.82 Å². The Bertz CT molecular complexity index is 1020. The molecule has 8 nitrogen and oxygen atoms in total. The van der Waals surface area contributed by atoms with Crippen LogP contribution in [0.3, 0.4) is 0 Å². The van der Waals surface area contributed by atoms with Crippen molar-refractivity contribution < 1.29 is 14.7 Å². The fraction of sp³-hybridized carbons (Fsp3) is 0.125. The standard InChI is InChI=1S/C16H12BrCl2N5O3/c17-10-7-23(6-9-1-2-11(18)12(19)5-9)22-15(10)21-14(25)8-24-13(16(26)27)3-4-20-24/h1-5,7H,6,8H2,(H,26,27)(H,21,22,25). The van der Waals surface area contributed by atoms with Gasteiger partial charge in [0.25, 0.3) is 0 Å². The van der Waals surface area contributed by atoms with Crippen LogP contribution in [0, 0.1) is 0 Å². The van der Waals surface area contributed by atoms with Crippen LogP contribution >= 0.6 is 39.1 Å². The third-order valence-corrected chi connectivity index (χ3v) is 4.85. The van der Waals surface area contributed by atoms with Gasteiger partial charge in [-0.15, -0.1) is 0 Å². The third kappa shape index (κ3) is 4.68. The lowest BCUT2D eigenvalue weighted by molar-refractivity contribution is -0.116. The van der Waals surface area contributed by atoms with E-state index in [-0.39, 0.29) is 12.2 Å². The van der Waals surface area contributed by atoms with Gasteiger partial charge in [-0.3, -0.25) is 9.48 Å². The average Bonchev–Trinajstić information content (AvgIpc) is 3.18. The van der Waals surface area contributed by atoms with Crippen molar-refractivity contribution in [1.82, 2.24) is 19.6 Å². The molecule has 2 heterocycles. The summed E-state index contributed by atoms with van der Waals surface area (Å²) >= 11 is 15.3. The van der Waals surface area contributed by atoms with Gasteiger partial charge in [-0.05, 0) is 39.7 Å². The van der Waals surface area contributed by atoms with Crippen LogP contribution in [0.2, 0.25) is 10.0 Å². The quantitative estimate of drug-likeness (QED) is 0.571. The number of amides is 1. The largest absolute Gasteiger partial charge is 0.477 e. The van der Waals surface area contributed by atoms with Gasteiger partial charge in [0, 0.05) is 12.4 Å². The van der Waals surface area contributed by atoms with Gasteiger partial charge in [-0.1, -0.05) is 29.3 Å². The van der Waals surface area contributed by atoms with Gasteiger partial charge in [0.1, 0.15) is 12.2 Å². The van der Waals surface area contributed by atoms with Gasteiger partial charge in [0.2, 0.25) is 5.91 Å². The SMILES string of the molecule is O=C(Cn1nccc1C(=O)O)Nc1nn(Cc2ccc(Cl)c(Cl)c2)cc1Br. The molecule has 0 spiro atoms. The van der Waals surface area contributed by atoms with E-state index in [4.69, 9.17) is 28.3 Å². The van der Waals surface area contributed by atoms with E-state index in [0.717, 1.165) is 10.2 Å². The molecule has 3 rings (SSSR count). The van der Waals surface area contributed by atoms with Crippen molar-refractivity contribution >= 4 is 56.8 Å². The molecule has 1 aromatic carbocycles. The Hall–Kier alpha value is -2.36. The Kier molecular flexibility index (Phi) is 5.83. The molecule has 0 bridgehead atoms. The molecule has 0 aliphatic carbocycles. The number of hydrogen-bond acceptors (Lipinski definition) is 4. The highest BCUT2D eigenvalue weighted by atomic mass is 79.9. The van der Waals surface area contributed by atoms with Crippen LogP contribution in [0.5, 0.6) is 0 Å². The summed E-state index contributed by atoms with van der Waals surface area (Å²) in [5.74, 6) is -1.31. The van der Waals surface area contributed by atoms with Crippen molar-refractivity contribution in [3.63, 3.8) is 0 Å². The predicted octanol–water partition coefficient (Wildman–Crippen LogP) is 3.53. The van der Waals surface area contributed by atoms with Crippen LogP contribution < -0.4 is 5.32 Å². The zero-order valence-electron chi connectivity index (χ0n) is 13.6. The van der Waals surface area contributed by atoms with Crippen LogP contribution in [-0.2, 0) is 17.9 Å². The summed E-state index contributed by atoms with van der Waals surface area (Å²) in [4.78, 5) is 23.3. The molecule has 0 radical (unpaired) electrons. The van der Waals surface area contributed by atoms with E-state index in [0.29, 0.717) is 26.9 Å². The summed E-state index contributed by atoms with van der Waals surface area (Å²) in [6.45, 7) is 0.175. The molecule has 0 saturated carbocycles. The number of halogens is 3. The molecule has 1 amide bonds. The Morgan fingerprint density at radius 2 is 2.00 bits per heavy atom. The zero-order chi connectivity index (χ0) is 19.6. The fourth-order valence-electron chi connectivity index (χ4n) is 2.34. The smallest absolute Gasteiger partial charge is 0.354 e. The number of aromatic nitrogens is 4. The first-order valence-corrected chi connectivity index (χ1v) is 9.10. The molecule has 3 aromatic rings. The molecule has 0 saturated heterocycles. The van der Waals surface area contributed by atoms with Gasteiger partial charge in [-0.2, -0.15) is 10.2 Å². The normalized spacial score (nSPS) is 10.8. The van der Waals surface area contributed by atoms with Crippen molar-refractivity contribution in [2.45, 2.75) is 13.1 Å². The van der Waals surface area contributed by atoms with Crippen LogP contribution in [0.25, 0.3) is 0 Å². The lowest BCUT2D eigenvalue weighted by atomic mass is 10.2. The number of nitrogens with zero attached hydrogens (tertiary/aromatic N) is 4. The molecule has 2 N–H and O–H groups in total. The molecule has 11 heteroatoms. The third-order valence-electron chi connectivity index (χ3n) is 3.53. The van der Waals surface area contributed by atoms with Gasteiger partial charge in [-0.25, -0.2) is 9.48 Å². The maximum absolute atomic E-state index is 12.2. The summed E-state index contributed by atoms with van der Waals surface area (Å²) in [7, 11) is 0. The monoisotopic (exact) mass is 471 g/mol. The molecular formula is C16H12BrCl2N5O3. The summed E-state index contributed by atoms with van der Waals surface area (Å²) in [5.41, 5.74) is 0.814. The van der Waals surface area contributed by atoms with E-state index < -0.39 is 11.9 Å². The summed E-state index contributed by atoms with van der Waals surface area (Å²) < 4.78 is 3.29. The van der Waals surface area contributed by atoms with Gasteiger partial charge < -0.3 is 10.4 Å². The number of anilines is 1. The lowest BCUT2D eigenvalue weighted by Crippen LogP contribution is -2.22. The van der Waals surface area contributed by atoms with E-state index in [1.54, 1.807) is 23.0 Å². The topological polar surface area (TPSA) is 102 Å². The molecule has 0 aliphatic heterocycles. The summed E-state index contributed by atoms with van der Waals surface area (Å²) in [6.07, 6.45) is 3.02. The van der Waals surface area contributed by atoms with E-state index >= 15 is 0 Å². The number of rotatable bonds is 6. The first-order valence-electron chi connectivity index (χ1n) is 7.55. The number of aromatic carboxylic acids is 1. The van der Waals surface area contributed by atoms with Gasteiger partial charge in [0.05, 0.1) is 21.1 Å². The molecular weight excluding hydrogens is 461 g/mol. The predicted molar refractivity (Wildman–Crippen MR) is 103 cm³/mol. The summed E-state index contributed by atoms with van der Waals surface area (Å²) in [6, 6.07) is 6.58. The Morgan fingerprint density at radius 3 is 2.70 bits per heavy atom. The molecule has 0 fully saturated rings. The molecule has 2 aromatic heterocycles. The first-order chi connectivity index (χ1) is 12.8. The van der Waals surface area contributed by atoms with Gasteiger partial charge >= 0.3 is 5.97 Å². The van der Waals surface area contributed by atoms with Crippen LogP contribution in [-0.4, -0.2) is 36.5 Å². The average molecular weight is 473 g/mol. The highest BCUT2D eigenvalue weighted by Crippen LogP contribution is 2.24. The number of carboxylic acid groups (broad SMARTS) is 1. The number of carboxylic acids is 1. The van der Waals surface area contributed by atoms with Crippen LogP contribution in [0.15, 0.2) is 41.1 Å². The Morgan fingerprint density at radius 1 is 1.22 bits per heavy atom. The lowest BCUT2D eigenvalue weighted by Gasteiger charge is -2.05. The van der Waals surface area contributed by atoms with E-state index in [1.165, 1.54) is 12.3 Å². The highest BCUT2D eigenvalue weighted by molar-refractivity contribution is 9.10. The molecule has 140 valence electrons. The van der Waals surface area contributed by atoms with E-state index in [9.17, 15) is 9.59 Å². The number of carbonyl (C=O) groups is 2. The summed E-state index contributed by atoms with van der Waals surface area (Å²) in [5, 5.41) is 20.7. The molecule has 0 unspecified atom stereocenters. The Balaban J connectivity index is 1.69. The first kappa shape index (κ1) is 19.4. The minimum Gasteiger partial charge on any atom is -0.477 e. The maximum Gasteiger partial charge on any atom is 0.354 e. The maximum atomic E-state index is 12.2. The van der Waals surface area contributed by atoms with Crippen molar-refractivity contribution in [1.29, 1.82) is 0 Å². The van der Waals surface area contributed by atoms with E-state index in [1.807, 2.05) is 6.07 Å². The number of carbonyl (C=O) groups excluding carboxylic acids is 1. The second-order valence-corrected chi connectivity index (χ2v) is 7.17. The zero-order valence-corrected chi connectivity index (χ0v) is 16.7. The second kappa shape index (κ2) is 8.12. The van der Waals surface area contributed by atoms with Crippen LogP contribution in [0.4, 0.5) is 5.82 Å². The van der Waals surface area contributed by atoms with Crippen molar-refractivity contribution in [2.24, 2.45) is 0 Å². The van der Waals surface area contributed by atoms with Crippen LogP contribution in [0.1, 0.15) is 16.1 Å². The number of nitrogens with one attached hydrogen (secondary N) is 1. The Labute approximate surface area is 171 Å².